The molecule has 0 aromatic heterocycles. The maximum absolute atomic E-state index is 10.5. The minimum Gasteiger partial charge on any atom is -0.494 e. The van der Waals surface area contributed by atoms with Crippen LogP contribution in [0.3, 0.4) is 0 Å². The van der Waals surface area contributed by atoms with Gasteiger partial charge in [-0.1, -0.05) is 6.92 Å². The van der Waals surface area contributed by atoms with Crippen LogP contribution in [0.15, 0.2) is 24.3 Å². The SMILES string of the molecule is CCCOc1ccc(NCC(N)=O)cc1. The van der Waals surface area contributed by atoms with Gasteiger partial charge in [-0.15, -0.1) is 0 Å². The number of carbonyl (C=O) groups excluding carboxylic acids is 1. The van der Waals surface area contributed by atoms with Crippen LogP contribution in [0.5, 0.6) is 5.75 Å². The monoisotopic (exact) mass is 208 g/mol. The number of rotatable bonds is 6. The zero-order chi connectivity index (χ0) is 11.1. The third-order valence-corrected chi connectivity index (χ3v) is 1.79. The Hall–Kier alpha value is -1.71. The van der Waals surface area contributed by atoms with Gasteiger partial charge in [-0.3, -0.25) is 4.79 Å². The van der Waals surface area contributed by atoms with E-state index in [0.717, 1.165) is 17.9 Å². The van der Waals surface area contributed by atoms with Crippen molar-refractivity contribution in [3.05, 3.63) is 24.3 Å². The van der Waals surface area contributed by atoms with Crippen LogP contribution in [-0.2, 0) is 4.79 Å². The highest BCUT2D eigenvalue weighted by atomic mass is 16.5. The molecule has 0 atom stereocenters. The second kappa shape index (κ2) is 5.90. The molecule has 0 heterocycles. The number of ether oxygens (including phenoxy) is 1. The van der Waals surface area contributed by atoms with Gasteiger partial charge in [-0.2, -0.15) is 0 Å². The van der Waals surface area contributed by atoms with Crippen molar-refractivity contribution in [2.75, 3.05) is 18.5 Å². The zero-order valence-electron chi connectivity index (χ0n) is 8.82. The van der Waals surface area contributed by atoms with Crippen LogP contribution in [0.4, 0.5) is 5.69 Å². The summed E-state index contributed by atoms with van der Waals surface area (Å²) < 4.78 is 5.42. The summed E-state index contributed by atoms with van der Waals surface area (Å²) in [5.41, 5.74) is 5.87. The van der Waals surface area contributed by atoms with Crippen LogP contribution < -0.4 is 15.8 Å². The van der Waals surface area contributed by atoms with Gasteiger partial charge in [0.05, 0.1) is 13.2 Å². The molecule has 0 aliphatic carbocycles. The van der Waals surface area contributed by atoms with Crippen LogP contribution in [0.1, 0.15) is 13.3 Å². The highest BCUT2D eigenvalue weighted by Crippen LogP contribution is 2.15. The lowest BCUT2D eigenvalue weighted by molar-refractivity contribution is -0.116. The maximum atomic E-state index is 10.5. The summed E-state index contributed by atoms with van der Waals surface area (Å²) in [6.07, 6.45) is 0.988. The summed E-state index contributed by atoms with van der Waals surface area (Å²) in [5.74, 6) is 0.461. The molecule has 0 bridgehead atoms. The lowest BCUT2D eigenvalue weighted by Gasteiger charge is -2.06. The van der Waals surface area contributed by atoms with Crippen LogP contribution >= 0.6 is 0 Å². The number of primary amides is 1. The van der Waals surface area contributed by atoms with Crippen molar-refractivity contribution in [3.8, 4) is 5.75 Å². The Morgan fingerprint density at radius 2 is 2.07 bits per heavy atom. The van der Waals surface area contributed by atoms with Gasteiger partial charge in [0.25, 0.3) is 0 Å². The van der Waals surface area contributed by atoms with Gasteiger partial charge in [-0.25, -0.2) is 0 Å². The fourth-order valence-electron chi connectivity index (χ4n) is 1.08. The number of hydrogen-bond acceptors (Lipinski definition) is 3. The molecule has 0 spiro atoms. The van der Waals surface area contributed by atoms with Crippen molar-refractivity contribution in [1.82, 2.24) is 0 Å². The minimum atomic E-state index is -0.374. The first-order chi connectivity index (χ1) is 7.22. The molecule has 0 radical (unpaired) electrons. The molecule has 1 amide bonds. The second-order valence-corrected chi connectivity index (χ2v) is 3.19. The summed E-state index contributed by atoms with van der Waals surface area (Å²) in [4.78, 5) is 10.5. The van der Waals surface area contributed by atoms with E-state index in [-0.39, 0.29) is 12.5 Å². The number of hydrogen-bond donors (Lipinski definition) is 2. The average molecular weight is 208 g/mol. The molecule has 1 rings (SSSR count). The summed E-state index contributed by atoms with van der Waals surface area (Å²) in [7, 11) is 0. The average Bonchev–Trinajstić information content (AvgIpc) is 2.25. The molecule has 82 valence electrons. The van der Waals surface area contributed by atoms with E-state index in [2.05, 4.69) is 12.2 Å². The Kier molecular flexibility index (Phi) is 4.47. The number of nitrogens with one attached hydrogen (secondary N) is 1. The molecule has 0 aliphatic rings. The minimum absolute atomic E-state index is 0.148. The normalized spacial score (nSPS) is 9.67. The van der Waals surface area contributed by atoms with Crippen molar-refractivity contribution in [3.63, 3.8) is 0 Å². The molecule has 1 aromatic rings. The third-order valence-electron chi connectivity index (χ3n) is 1.79. The van der Waals surface area contributed by atoms with Crippen molar-refractivity contribution in [1.29, 1.82) is 0 Å². The number of nitrogens with two attached hydrogens (primary N) is 1. The highest BCUT2D eigenvalue weighted by molar-refractivity contribution is 5.78. The standard InChI is InChI=1S/C11H16N2O2/c1-2-7-15-10-5-3-9(4-6-10)13-8-11(12)14/h3-6,13H,2,7-8H2,1H3,(H2,12,14). The van der Waals surface area contributed by atoms with Gasteiger partial charge < -0.3 is 15.8 Å². The summed E-state index contributed by atoms with van der Waals surface area (Å²) >= 11 is 0. The van der Waals surface area contributed by atoms with Gasteiger partial charge in [0.1, 0.15) is 5.75 Å². The predicted molar refractivity (Wildman–Crippen MR) is 59.9 cm³/mol. The molecule has 0 fully saturated rings. The fraction of sp³-hybridized carbons (Fsp3) is 0.364. The number of carbonyl (C=O) groups is 1. The highest BCUT2D eigenvalue weighted by Gasteiger charge is 1.96. The van der Waals surface area contributed by atoms with E-state index < -0.39 is 0 Å². The molecule has 0 aliphatic heterocycles. The van der Waals surface area contributed by atoms with Gasteiger partial charge in [-0.05, 0) is 30.7 Å². The fourth-order valence-corrected chi connectivity index (χ4v) is 1.08. The Labute approximate surface area is 89.4 Å². The van der Waals surface area contributed by atoms with Gasteiger partial charge >= 0.3 is 0 Å². The van der Waals surface area contributed by atoms with Crippen LogP contribution in [-0.4, -0.2) is 19.1 Å². The molecular weight excluding hydrogens is 192 g/mol. The van der Waals surface area contributed by atoms with Gasteiger partial charge in [0.2, 0.25) is 5.91 Å². The Balaban J connectivity index is 2.45. The number of anilines is 1. The largest absolute Gasteiger partial charge is 0.494 e. The first kappa shape index (κ1) is 11.4. The number of benzene rings is 1. The van der Waals surface area contributed by atoms with E-state index >= 15 is 0 Å². The van der Waals surface area contributed by atoms with E-state index in [1.807, 2.05) is 24.3 Å². The lowest BCUT2D eigenvalue weighted by atomic mass is 10.3. The topological polar surface area (TPSA) is 64.3 Å². The Bertz CT molecular complexity index is 309. The van der Waals surface area contributed by atoms with Crippen LogP contribution in [0.2, 0.25) is 0 Å². The van der Waals surface area contributed by atoms with Gasteiger partial charge in [0, 0.05) is 5.69 Å². The molecule has 1 aromatic carbocycles. The van der Waals surface area contributed by atoms with E-state index in [1.165, 1.54) is 0 Å². The van der Waals surface area contributed by atoms with E-state index in [9.17, 15) is 4.79 Å². The summed E-state index contributed by atoms with van der Waals surface area (Å²) in [6, 6.07) is 7.43. The molecule has 0 saturated heterocycles. The van der Waals surface area contributed by atoms with Crippen LogP contribution in [0, 0.1) is 0 Å². The molecule has 4 heteroatoms. The van der Waals surface area contributed by atoms with E-state index in [0.29, 0.717) is 6.61 Å². The molecule has 0 saturated carbocycles. The quantitative estimate of drug-likeness (QED) is 0.742. The van der Waals surface area contributed by atoms with Crippen molar-refractivity contribution >= 4 is 11.6 Å². The molecule has 15 heavy (non-hydrogen) atoms. The van der Waals surface area contributed by atoms with Crippen molar-refractivity contribution < 1.29 is 9.53 Å². The Morgan fingerprint density at radius 1 is 1.40 bits per heavy atom. The zero-order valence-corrected chi connectivity index (χ0v) is 8.82. The molecule has 0 unspecified atom stereocenters. The summed E-state index contributed by atoms with van der Waals surface area (Å²) in [5, 5.41) is 2.90. The first-order valence-corrected chi connectivity index (χ1v) is 4.97. The molecule has 3 N–H and O–H groups in total. The second-order valence-electron chi connectivity index (χ2n) is 3.19. The smallest absolute Gasteiger partial charge is 0.236 e. The Morgan fingerprint density at radius 3 is 2.60 bits per heavy atom. The predicted octanol–water partition coefficient (Wildman–Crippen LogP) is 1.37. The molecular formula is C11H16N2O2. The van der Waals surface area contributed by atoms with Crippen molar-refractivity contribution in [2.45, 2.75) is 13.3 Å². The summed E-state index contributed by atoms with van der Waals surface area (Å²) in [6.45, 7) is 2.92. The van der Waals surface area contributed by atoms with Crippen LogP contribution in [0.25, 0.3) is 0 Å². The van der Waals surface area contributed by atoms with Crippen molar-refractivity contribution in [2.24, 2.45) is 5.73 Å². The maximum Gasteiger partial charge on any atom is 0.236 e. The van der Waals surface area contributed by atoms with E-state index in [1.54, 1.807) is 0 Å². The lowest BCUT2D eigenvalue weighted by Crippen LogP contribution is -2.21. The van der Waals surface area contributed by atoms with Gasteiger partial charge in [0.15, 0.2) is 0 Å². The molecule has 4 nitrogen and oxygen atoms in total. The first-order valence-electron chi connectivity index (χ1n) is 4.97. The number of amides is 1. The third kappa shape index (κ3) is 4.35. The van der Waals surface area contributed by atoms with E-state index in [4.69, 9.17) is 10.5 Å².